The fourth-order valence-electron chi connectivity index (χ4n) is 2.27. The maximum atomic E-state index is 5.43. The Morgan fingerprint density at radius 2 is 1.75 bits per heavy atom. The van der Waals surface area contributed by atoms with Crippen LogP contribution in [0.25, 0.3) is 0 Å². The predicted octanol–water partition coefficient (Wildman–Crippen LogP) is 4.96. The Labute approximate surface area is 115 Å². The first-order valence-electron chi connectivity index (χ1n) is 6.51. The lowest BCUT2D eigenvalue weighted by Crippen LogP contribution is -2.28. The average Bonchev–Trinajstić information content (AvgIpc) is 2.29. The molecule has 16 heavy (non-hydrogen) atoms. The van der Waals surface area contributed by atoms with Crippen LogP contribution in [0.2, 0.25) is 0 Å². The van der Waals surface area contributed by atoms with Gasteiger partial charge in [0, 0.05) is 13.0 Å². The molecule has 98 valence electrons. The molecule has 0 aliphatic rings. The third kappa shape index (κ3) is 6.40. The van der Waals surface area contributed by atoms with Gasteiger partial charge in [0.15, 0.2) is 6.29 Å². The van der Waals surface area contributed by atoms with E-state index in [-0.39, 0.29) is 6.29 Å². The van der Waals surface area contributed by atoms with Crippen molar-refractivity contribution in [3.63, 3.8) is 0 Å². The van der Waals surface area contributed by atoms with Crippen molar-refractivity contribution < 1.29 is 7.80 Å². The molecule has 0 N–H and O–H groups in total. The summed E-state index contributed by atoms with van der Waals surface area (Å²) < 4.78 is 10.8. The molecule has 0 aromatic carbocycles. The zero-order valence-corrected chi connectivity index (χ0v) is 13.3. The number of halogens is 1. The van der Waals surface area contributed by atoms with Crippen LogP contribution in [0.1, 0.15) is 59.3 Å². The Hall–Kier alpha value is 0.650. The minimum absolute atomic E-state index is 0.0426. The van der Waals surface area contributed by atoms with Gasteiger partial charge in [0.25, 0.3) is 0 Å². The first-order valence-corrected chi connectivity index (χ1v) is 7.39. The van der Waals surface area contributed by atoms with Crippen LogP contribution in [0.3, 0.4) is 0 Å². The topological polar surface area (TPSA) is 18.5 Å². The minimum Gasteiger partial charge on any atom is -0.355 e. The maximum absolute atomic E-state index is 5.43. The molecule has 0 fully saturated rings. The molecule has 2 nitrogen and oxygen atoms in total. The molecule has 0 bridgehead atoms. The van der Waals surface area contributed by atoms with E-state index in [9.17, 15) is 0 Å². The van der Waals surface area contributed by atoms with Gasteiger partial charge in [-0.25, -0.2) is 0 Å². The Balaban J connectivity index is 4.23. The molecule has 0 radical (unpaired) electrons. The van der Waals surface area contributed by atoms with E-state index in [4.69, 9.17) is 7.80 Å². The van der Waals surface area contributed by atoms with Crippen molar-refractivity contribution in [3.8, 4) is 0 Å². The van der Waals surface area contributed by atoms with Gasteiger partial charge in [0.1, 0.15) is 23.0 Å². The highest BCUT2D eigenvalue weighted by molar-refractivity contribution is 14.1. The summed E-state index contributed by atoms with van der Waals surface area (Å²) in [7, 11) is 1.74. The van der Waals surface area contributed by atoms with Crippen molar-refractivity contribution in [2.45, 2.75) is 65.6 Å². The van der Waals surface area contributed by atoms with Gasteiger partial charge in [0.2, 0.25) is 0 Å². The second-order valence-corrected chi connectivity index (χ2v) is 5.13. The summed E-state index contributed by atoms with van der Waals surface area (Å²) in [5, 5.41) is 0. The van der Waals surface area contributed by atoms with Gasteiger partial charge in [-0.15, -0.1) is 0 Å². The highest BCUT2D eigenvalue weighted by atomic mass is 127. The van der Waals surface area contributed by atoms with Crippen LogP contribution in [0.5, 0.6) is 0 Å². The van der Waals surface area contributed by atoms with Gasteiger partial charge in [-0.3, -0.25) is 3.07 Å². The minimum atomic E-state index is -0.0426. The van der Waals surface area contributed by atoms with Crippen LogP contribution in [0.15, 0.2) is 0 Å². The zero-order valence-electron chi connectivity index (χ0n) is 11.2. The smallest absolute Gasteiger partial charge is 0.171 e. The molecule has 0 rings (SSSR count). The molecule has 0 amide bonds. The summed E-state index contributed by atoms with van der Waals surface area (Å²) in [6.45, 7) is 6.81. The quantitative estimate of drug-likeness (QED) is 0.317. The molecule has 0 heterocycles. The maximum Gasteiger partial charge on any atom is 0.171 e. The molecule has 0 saturated heterocycles. The summed E-state index contributed by atoms with van der Waals surface area (Å²) in [5.74, 6) is 1.22. The van der Waals surface area contributed by atoms with Crippen LogP contribution < -0.4 is 0 Å². The molecule has 0 aromatic heterocycles. The number of hydrogen-bond donors (Lipinski definition) is 0. The van der Waals surface area contributed by atoms with Crippen molar-refractivity contribution in [2.24, 2.45) is 11.8 Å². The summed E-state index contributed by atoms with van der Waals surface area (Å²) in [6, 6.07) is 0. The van der Waals surface area contributed by atoms with Crippen molar-refractivity contribution in [3.05, 3.63) is 0 Å². The largest absolute Gasteiger partial charge is 0.355 e. The third-order valence-electron chi connectivity index (χ3n) is 3.29. The molecule has 0 aliphatic carbocycles. The highest BCUT2D eigenvalue weighted by Crippen LogP contribution is 2.29. The van der Waals surface area contributed by atoms with E-state index in [1.54, 1.807) is 7.11 Å². The molecule has 0 aliphatic heterocycles. The van der Waals surface area contributed by atoms with Gasteiger partial charge >= 0.3 is 0 Å². The van der Waals surface area contributed by atoms with Crippen LogP contribution in [0, 0.1) is 11.8 Å². The van der Waals surface area contributed by atoms with E-state index in [0.717, 1.165) is 0 Å². The lowest BCUT2D eigenvalue weighted by Gasteiger charge is -2.29. The third-order valence-corrected chi connectivity index (χ3v) is 3.79. The van der Waals surface area contributed by atoms with E-state index < -0.39 is 0 Å². The van der Waals surface area contributed by atoms with Crippen molar-refractivity contribution >= 4 is 23.0 Å². The summed E-state index contributed by atoms with van der Waals surface area (Å²) in [6.07, 6.45) is 7.55. The van der Waals surface area contributed by atoms with Crippen LogP contribution in [-0.2, 0) is 7.80 Å². The average molecular weight is 342 g/mol. The van der Waals surface area contributed by atoms with E-state index in [1.807, 2.05) is 23.0 Å². The highest BCUT2D eigenvalue weighted by Gasteiger charge is 2.26. The number of hydrogen-bond acceptors (Lipinski definition) is 2. The van der Waals surface area contributed by atoms with Crippen molar-refractivity contribution in [1.29, 1.82) is 0 Å². The Kier molecular flexibility index (Phi) is 11.2. The normalized spacial score (nSPS) is 17.1. The second kappa shape index (κ2) is 10.8. The van der Waals surface area contributed by atoms with Gasteiger partial charge in [-0.2, -0.15) is 0 Å². The molecule has 3 atom stereocenters. The van der Waals surface area contributed by atoms with Gasteiger partial charge in [0.05, 0.1) is 0 Å². The molecule has 0 aromatic rings. The summed E-state index contributed by atoms with van der Waals surface area (Å²) in [5.41, 5.74) is 0. The van der Waals surface area contributed by atoms with Crippen LogP contribution in [0.4, 0.5) is 0 Å². The van der Waals surface area contributed by atoms with Gasteiger partial charge in [-0.1, -0.05) is 52.9 Å². The van der Waals surface area contributed by atoms with Gasteiger partial charge in [-0.05, 0) is 12.3 Å². The van der Waals surface area contributed by atoms with Crippen LogP contribution in [-0.4, -0.2) is 13.4 Å². The second-order valence-electron chi connectivity index (χ2n) is 4.62. The molecule has 0 saturated carbocycles. The molecule has 0 spiro atoms. The lowest BCUT2D eigenvalue weighted by molar-refractivity contribution is -0.0860. The first kappa shape index (κ1) is 16.6. The van der Waals surface area contributed by atoms with Gasteiger partial charge < -0.3 is 4.74 Å². The number of unbranched alkanes of at least 4 members (excludes halogenated alkanes) is 2. The molecule has 3 heteroatoms. The monoisotopic (exact) mass is 342 g/mol. The summed E-state index contributed by atoms with van der Waals surface area (Å²) in [4.78, 5) is 0. The number of methoxy groups -OCH3 is 1. The fraction of sp³-hybridized carbons (Fsp3) is 1.00. The van der Waals surface area contributed by atoms with Crippen molar-refractivity contribution in [1.82, 2.24) is 0 Å². The fourth-order valence-corrected chi connectivity index (χ4v) is 2.85. The summed E-state index contributed by atoms with van der Waals surface area (Å²) >= 11 is 1.96. The van der Waals surface area contributed by atoms with E-state index in [2.05, 4.69) is 20.8 Å². The number of rotatable bonds is 10. The predicted molar refractivity (Wildman–Crippen MR) is 77.6 cm³/mol. The SMILES string of the molecule is CCCCCC(C(C)CCC)C(OC)OI. The molecular formula is C13H27IO2. The first-order chi connectivity index (χ1) is 7.71. The van der Waals surface area contributed by atoms with E-state index >= 15 is 0 Å². The Bertz CT molecular complexity index is 149. The van der Waals surface area contributed by atoms with Crippen molar-refractivity contribution in [2.75, 3.05) is 7.11 Å². The molecular weight excluding hydrogens is 315 g/mol. The van der Waals surface area contributed by atoms with E-state index in [1.165, 1.54) is 38.5 Å². The van der Waals surface area contributed by atoms with E-state index in [0.29, 0.717) is 11.8 Å². The number of ether oxygens (including phenoxy) is 1. The lowest BCUT2D eigenvalue weighted by atomic mass is 9.85. The Morgan fingerprint density at radius 3 is 2.19 bits per heavy atom. The van der Waals surface area contributed by atoms with Crippen LogP contribution >= 0.6 is 23.0 Å². The standard InChI is InChI=1S/C13H27IO2/c1-5-7-8-10-12(11(3)9-6-2)13(15-4)16-14/h11-13H,5-10H2,1-4H3. The molecule has 3 unspecified atom stereocenters. The Morgan fingerprint density at radius 1 is 1.06 bits per heavy atom. The zero-order chi connectivity index (χ0) is 12.4.